The smallest absolute Gasteiger partial charge is 0.231 e. The quantitative estimate of drug-likeness (QED) is 0.901. The number of fused-ring (bicyclic) bond motifs is 2. The molecule has 2 aromatic carbocycles. The van der Waals surface area contributed by atoms with Crippen LogP contribution in [0.3, 0.4) is 0 Å². The number of hydrogen-bond acceptors (Lipinski definition) is 4. The van der Waals surface area contributed by atoms with Gasteiger partial charge in [0.2, 0.25) is 6.79 Å². The molecule has 0 radical (unpaired) electrons. The summed E-state index contributed by atoms with van der Waals surface area (Å²) in [6.07, 6.45) is 1.14. The summed E-state index contributed by atoms with van der Waals surface area (Å²) in [4.78, 5) is 1.39. The molecule has 0 saturated heterocycles. The van der Waals surface area contributed by atoms with Gasteiger partial charge in [0.05, 0.1) is 6.04 Å². The Morgan fingerprint density at radius 1 is 1.05 bits per heavy atom. The van der Waals surface area contributed by atoms with Crippen molar-refractivity contribution in [1.82, 2.24) is 0 Å². The lowest BCUT2D eigenvalue weighted by Gasteiger charge is -2.26. The molecule has 0 amide bonds. The highest BCUT2D eigenvalue weighted by Crippen LogP contribution is 2.39. The third-order valence-electron chi connectivity index (χ3n) is 3.67. The minimum Gasteiger partial charge on any atom is -0.454 e. The Morgan fingerprint density at radius 3 is 2.95 bits per heavy atom. The van der Waals surface area contributed by atoms with E-state index in [0.29, 0.717) is 12.8 Å². The van der Waals surface area contributed by atoms with Gasteiger partial charge in [-0.15, -0.1) is 11.8 Å². The lowest BCUT2D eigenvalue weighted by atomic mass is 10.0. The molecule has 2 aliphatic heterocycles. The Bertz CT molecular complexity index is 644. The van der Waals surface area contributed by atoms with Crippen molar-refractivity contribution in [3.63, 3.8) is 0 Å². The number of hydrogen-bond donors (Lipinski definition) is 1. The molecular weight excluding hydrogens is 270 g/mol. The summed E-state index contributed by atoms with van der Waals surface area (Å²) in [6.45, 7) is 0.321. The zero-order valence-corrected chi connectivity index (χ0v) is 11.8. The summed E-state index contributed by atoms with van der Waals surface area (Å²) >= 11 is 1.94. The average Bonchev–Trinajstić information content (AvgIpc) is 2.95. The molecular formula is C16H15NO2S. The molecule has 4 rings (SSSR count). The first kappa shape index (κ1) is 12.0. The zero-order chi connectivity index (χ0) is 13.4. The van der Waals surface area contributed by atoms with Crippen LogP contribution in [-0.2, 0) is 0 Å². The van der Waals surface area contributed by atoms with Gasteiger partial charge in [-0.25, -0.2) is 0 Å². The molecule has 0 spiro atoms. The van der Waals surface area contributed by atoms with Crippen molar-refractivity contribution in [3.05, 3.63) is 48.0 Å². The number of ether oxygens (including phenoxy) is 2. The van der Waals surface area contributed by atoms with E-state index in [-0.39, 0.29) is 0 Å². The van der Waals surface area contributed by atoms with Gasteiger partial charge in [-0.2, -0.15) is 0 Å². The molecule has 0 fully saturated rings. The van der Waals surface area contributed by atoms with E-state index >= 15 is 0 Å². The lowest BCUT2D eigenvalue weighted by molar-refractivity contribution is 0.174. The zero-order valence-electron chi connectivity index (χ0n) is 11.0. The van der Waals surface area contributed by atoms with Gasteiger partial charge < -0.3 is 14.8 Å². The number of rotatable bonds is 2. The first-order valence-corrected chi connectivity index (χ1v) is 7.76. The van der Waals surface area contributed by atoms with E-state index in [1.807, 2.05) is 23.9 Å². The van der Waals surface area contributed by atoms with Crippen LogP contribution in [0.4, 0.5) is 5.69 Å². The predicted molar refractivity (Wildman–Crippen MR) is 80.7 cm³/mol. The van der Waals surface area contributed by atoms with Gasteiger partial charge in [-0.3, -0.25) is 0 Å². The van der Waals surface area contributed by atoms with Crippen LogP contribution < -0.4 is 14.8 Å². The van der Waals surface area contributed by atoms with Gasteiger partial charge >= 0.3 is 0 Å². The molecule has 0 aromatic heterocycles. The maximum atomic E-state index is 5.43. The molecule has 3 nitrogen and oxygen atoms in total. The van der Waals surface area contributed by atoms with Crippen LogP contribution >= 0.6 is 11.8 Å². The molecule has 1 N–H and O–H groups in total. The van der Waals surface area contributed by atoms with Crippen LogP contribution in [0, 0.1) is 0 Å². The van der Waals surface area contributed by atoms with E-state index in [4.69, 9.17) is 9.47 Å². The maximum absolute atomic E-state index is 5.43. The topological polar surface area (TPSA) is 30.5 Å². The molecule has 20 heavy (non-hydrogen) atoms. The fraction of sp³-hybridized carbons (Fsp3) is 0.250. The summed E-state index contributed by atoms with van der Waals surface area (Å²) in [7, 11) is 0. The highest BCUT2D eigenvalue weighted by molar-refractivity contribution is 7.99. The molecule has 2 aliphatic rings. The van der Waals surface area contributed by atoms with Crippen LogP contribution in [-0.4, -0.2) is 12.5 Å². The van der Waals surface area contributed by atoms with E-state index < -0.39 is 0 Å². The monoisotopic (exact) mass is 285 g/mol. The molecule has 0 aliphatic carbocycles. The first-order valence-electron chi connectivity index (χ1n) is 6.78. The third-order valence-corrected chi connectivity index (χ3v) is 4.79. The van der Waals surface area contributed by atoms with E-state index in [0.717, 1.165) is 29.4 Å². The van der Waals surface area contributed by atoms with E-state index in [1.165, 1.54) is 10.5 Å². The molecule has 2 heterocycles. The van der Waals surface area contributed by atoms with Gasteiger partial charge in [0.1, 0.15) is 0 Å². The lowest BCUT2D eigenvalue weighted by Crippen LogP contribution is -2.15. The molecule has 1 unspecified atom stereocenters. The van der Waals surface area contributed by atoms with Crippen LogP contribution in [0.25, 0.3) is 0 Å². The van der Waals surface area contributed by atoms with Crippen molar-refractivity contribution in [2.24, 2.45) is 0 Å². The summed E-state index contributed by atoms with van der Waals surface area (Å²) in [5, 5.41) is 3.62. The normalized spacial score (nSPS) is 19.5. The summed E-state index contributed by atoms with van der Waals surface area (Å²) < 4.78 is 10.8. The van der Waals surface area contributed by atoms with Gasteiger partial charge in [0, 0.05) is 22.4 Å². The number of thioether (sulfide) groups is 1. The van der Waals surface area contributed by atoms with Crippen LogP contribution in [0.2, 0.25) is 0 Å². The van der Waals surface area contributed by atoms with Crippen molar-refractivity contribution in [2.45, 2.75) is 17.4 Å². The summed E-state index contributed by atoms with van der Waals surface area (Å²) in [6, 6.07) is 15.0. The molecule has 2 aromatic rings. The fourth-order valence-electron chi connectivity index (χ4n) is 2.68. The van der Waals surface area contributed by atoms with Crippen LogP contribution in [0.5, 0.6) is 11.5 Å². The van der Waals surface area contributed by atoms with Crippen molar-refractivity contribution in [3.8, 4) is 11.5 Å². The van der Waals surface area contributed by atoms with Gasteiger partial charge in [-0.05, 0) is 30.2 Å². The standard InChI is InChI=1S/C16H15NO2S/c1-2-4-16-12(3-1)13(7-8-20-16)17-11-5-6-14-15(9-11)19-10-18-14/h1-6,9,13,17H,7-8,10H2. The second-order valence-corrected chi connectivity index (χ2v) is 6.08. The van der Waals surface area contributed by atoms with Gasteiger partial charge in [0.25, 0.3) is 0 Å². The second kappa shape index (κ2) is 4.94. The minimum absolute atomic E-state index is 0.321. The van der Waals surface area contributed by atoms with E-state index in [1.54, 1.807) is 0 Å². The average molecular weight is 285 g/mol. The largest absolute Gasteiger partial charge is 0.454 e. The Kier molecular flexibility index (Phi) is 2.96. The van der Waals surface area contributed by atoms with Crippen LogP contribution in [0.1, 0.15) is 18.0 Å². The van der Waals surface area contributed by atoms with E-state index in [9.17, 15) is 0 Å². The molecule has 0 saturated carbocycles. The highest BCUT2D eigenvalue weighted by Gasteiger charge is 2.21. The van der Waals surface area contributed by atoms with E-state index in [2.05, 4.69) is 35.6 Å². The van der Waals surface area contributed by atoms with Crippen molar-refractivity contribution in [1.29, 1.82) is 0 Å². The molecule has 1 atom stereocenters. The Hall–Kier alpha value is -1.81. The highest BCUT2D eigenvalue weighted by atomic mass is 32.2. The predicted octanol–water partition coefficient (Wildman–Crippen LogP) is 4.06. The van der Waals surface area contributed by atoms with Gasteiger partial charge in [0.15, 0.2) is 11.5 Å². The van der Waals surface area contributed by atoms with Gasteiger partial charge in [-0.1, -0.05) is 18.2 Å². The van der Waals surface area contributed by atoms with Crippen molar-refractivity contribution < 1.29 is 9.47 Å². The molecule has 102 valence electrons. The Morgan fingerprint density at radius 2 is 1.95 bits per heavy atom. The maximum Gasteiger partial charge on any atom is 0.231 e. The Labute approximate surface area is 122 Å². The van der Waals surface area contributed by atoms with Crippen molar-refractivity contribution >= 4 is 17.4 Å². The van der Waals surface area contributed by atoms with Crippen molar-refractivity contribution in [2.75, 3.05) is 17.9 Å². The summed E-state index contributed by atoms with van der Waals surface area (Å²) in [5.74, 6) is 2.81. The fourth-order valence-corrected chi connectivity index (χ4v) is 3.80. The summed E-state index contributed by atoms with van der Waals surface area (Å²) in [5.41, 5.74) is 2.47. The third kappa shape index (κ3) is 2.10. The molecule has 4 heteroatoms. The first-order chi connectivity index (χ1) is 9.90. The Balaban J connectivity index is 1.61. The molecule has 0 bridgehead atoms. The second-order valence-electron chi connectivity index (χ2n) is 4.94. The van der Waals surface area contributed by atoms with Crippen LogP contribution in [0.15, 0.2) is 47.4 Å². The number of benzene rings is 2. The minimum atomic E-state index is 0.321. The number of nitrogens with one attached hydrogen (secondary N) is 1. The SMILES string of the molecule is c1ccc2c(c1)SCCC2Nc1ccc2c(c1)OCO2. The number of anilines is 1.